The summed E-state index contributed by atoms with van der Waals surface area (Å²) in [7, 11) is -3.62. The third kappa shape index (κ3) is 2.39. The lowest BCUT2D eigenvalue weighted by molar-refractivity contribution is 0.598. The minimum atomic E-state index is -3.62. The molecule has 1 aromatic carbocycles. The van der Waals surface area contributed by atoms with Gasteiger partial charge >= 0.3 is 0 Å². The molecule has 1 aromatic heterocycles. The Morgan fingerprint density at radius 1 is 1.41 bits per heavy atom. The minimum Gasteiger partial charge on any atom is -0.398 e. The van der Waals surface area contributed by atoms with E-state index in [4.69, 9.17) is 5.73 Å². The summed E-state index contributed by atoms with van der Waals surface area (Å²) in [6, 6.07) is 4.98. The van der Waals surface area contributed by atoms with Crippen molar-refractivity contribution >= 4 is 21.4 Å². The summed E-state index contributed by atoms with van der Waals surface area (Å²) in [5.74, 6) is 0. The number of imidazole rings is 1. The highest BCUT2D eigenvalue weighted by atomic mass is 32.2. The first-order valence-electron chi connectivity index (χ1n) is 4.86. The minimum absolute atomic E-state index is 0.0108. The van der Waals surface area contributed by atoms with Gasteiger partial charge in [-0.05, 0) is 24.6 Å². The van der Waals surface area contributed by atoms with Crippen molar-refractivity contribution in [3.05, 3.63) is 36.3 Å². The molecule has 0 aliphatic rings. The van der Waals surface area contributed by atoms with Crippen molar-refractivity contribution in [2.75, 3.05) is 10.5 Å². The van der Waals surface area contributed by atoms with Crippen molar-refractivity contribution in [2.45, 2.75) is 11.9 Å². The Morgan fingerprint density at radius 2 is 2.18 bits per heavy atom. The Balaban J connectivity index is 2.30. The zero-order chi connectivity index (χ0) is 12.5. The van der Waals surface area contributed by atoms with E-state index in [0.29, 0.717) is 11.4 Å². The number of aryl methyl sites for hydroxylation is 1. The molecule has 0 saturated heterocycles. The number of aromatic nitrogens is 2. The van der Waals surface area contributed by atoms with Crippen LogP contribution in [0.3, 0.4) is 0 Å². The van der Waals surface area contributed by atoms with E-state index in [9.17, 15) is 8.42 Å². The van der Waals surface area contributed by atoms with Gasteiger partial charge in [-0.15, -0.1) is 0 Å². The molecule has 0 amide bonds. The van der Waals surface area contributed by atoms with E-state index in [2.05, 4.69) is 14.7 Å². The van der Waals surface area contributed by atoms with Crippen LogP contribution in [0.2, 0.25) is 0 Å². The quantitative estimate of drug-likeness (QED) is 0.712. The standard InChI is InChI=1S/C10H12N4O2S/c1-7-2-3-8(4-9(7)11)14-17(15,16)10-5-12-6-13-10/h2-6,14H,11H2,1H3,(H,12,13). The number of nitrogens with one attached hydrogen (secondary N) is 2. The number of nitrogens with zero attached hydrogens (tertiary/aromatic N) is 1. The second-order valence-electron chi connectivity index (χ2n) is 3.59. The van der Waals surface area contributed by atoms with Gasteiger partial charge in [0.25, 0.3) is 10.0 Å². The normalized spacial score (nSPS) is 11.4. The van der Waals surface area contributed by atoms with Crippen molar-refractivity contribution in [3.63, 3.8) is 0 Å². The number of hydrogen-bond acceptors (Lipinski definition) is 4. The third-order valence-corrected chi connectivity index (χ3v) is 3.60. The molecule has 4 N–H and O–H groups in total. The average Bonchev–Trinajstić information content (AvgIpc) is 2.77. The van der Waals surface area contributed by atoms with Gasteiger partial charge < -0.3 is 10.7 Å². The smallest absolute Gasteiger partial charge is 0.278 e. The Kier molecular flexibility index (Phi) is 2.76. The maximum Gasteiger partial charge on any atom is 0.278 e. The molecule has 0 radical (unpaired) electrons. The number of nitrogens with two attached hydrogens (primary N) is 1. The second-order valence-corrected chi connectivity index (χ2v) is 5.24. The van der Waals surface area contributed by atoms with Crippen LogP contribution in [0.1, 0.15) is 5.56 Å². The molecular weight excluding hydrogens is 240 g/mol. The molecule has 1 heterocycles. The van der Waals surface area contributed by atoms with Crippen molar-refractivity contribution < 1.29 is 8.42 Å². The fraction of sp³-hybridized carbons (Fsp3) is 0.100. The van der Waals surface area contributed by atoms with Gasteiger partial charge in [0.2, 0.25) is 0 Å². The molecule has 0 aliphatic carbocycles. The van der Waals surface area contributed by atoms with Gasteiger partial charge in [-0.2, -0.15) is 8.42 Å². The summed E-state index contributed by atoms with van der Waals surface area (Å²) in [4.78, 5) is 6.19. The summed E-state index contributed by atoms with van der Waals surface area (Å²) in [6.07, 6.45) is 2.54. The zero-order valence-corrected chi connectivity index (χ0v) is 9.95. The number of hydrogen-bond donors (Lipinski definition) is 3. The van der Waals surface area contributed by atoms with Crippen molar-refractivity contribution in [1.82, 2.24) is 9.97 Å². The second kappa shape index (κ2) is 4.10. The maximum atomic E-state index is 11.8. The Morgan fingerprint density at radius 3 is 2.76 bits per heavy atom. The van der Waals surface area contributed by atoms with E-state index in [0.717, 1.165) is 5.56 Å². The van der Waals surface area contributed by atoms with Crippen LogP contribution < -0.4 is 10.5 Å². The predicted octanol–water partition coefficient (Wildman–Crippen LogP) is 1.10. The molecular formula is C10H12N4O2S. The van der Waals surface area contributed by atoms with Crippen LogP contribution >= 0.6 is 0 Å². The number of aromatic amines is 1. The molecule has 2 rings (SSSR count). The van der Waals surface area contributed by atoms with Gasteiger partial charge in [0.15, 0.2) is 5.03 Å². The largest absolute Gasteiger partial charge is 0.398 e. The van der Waals surface area contributed by atoms with Crippen LogP contribution in [0.5, 0.6) is 0 Å². The van der Waals surface area contributed by atoms with E-state index < -0.39 is 10.0 Å². The Labute approximate surface area is 98.9 Å². The lowest BCUT2D eigenvalue weighted by Gasteiger charge is -2.08. The number of nitrogen functional groups attached to an aromatic ring is 1. The van der Waals surface area contributed by atoms with Gasteiger partial charge in [-0.25, -0.2) is 4.98 Å². The molecule has 17 heavy (non-hydrogen) atoms. The molecule has 0 aliphatic heterocycles. The first-order chi connectivity index (χ1) is 7.99. The molecule has 0 atom stereocenters. The van der Waals surface area contributed by atoms with Gasteiger partial charge in [0, 0.05) is 5.69 Å². The SMILES string of the molecule is Cc1ccc(NS(=O)(=O)c2cnc[nH]2)cc1N. The van der Waals surface area contributed by atoms with Crippen LogP contribution in [-0.4, -0.2) is 18.4 Å². The summed E-state index contributed by atoms with van der Waals surface area (Å²) < 4.78 is 26.1. The van der Waals surface area contributed by atoms with E-state index >= 15 is 0 Å². The molecule has 7 heteroatoms. The van der Waals surface area contributed by atoms with Gasteiger partial charge in [0.1, 0.15) is 0 Å². The third-order valence-electron chi connectivity index (χ3n) is 2.29. The topological polar surface area (TPSA) is 101 Å². The van der Waals surface area contributed by atoms with Gasteiger partial charge in [-0.3, -0.25) is 4.72 Å². The van der Waals surface area contributed by atoms with Crippen LogP contribution in [-0.2, 0) is 10.0 Å². The number of benzene rings is 1. The highest BCUT2D eigenvalue weighted by molar-refractivity contribution is 7.92. The molecule has 0 fully saturated rings. The molecule has 0 bridgehead atoms. The Bertz CT molecular complexity index is 620. The van der Waals surface area contributed by atoms with Gasteiger partial charge in [-0.1, -0.05) is 6.07 Å². The summed E-state index contributed by atoms with van der Waals surface area (Å²) in [5, 5.41) is 0.0108. The van der Waals surface area contributed by atoms with E-state index in [1.54, 1.807) is 18.2 Å². The van der Waals surface area contributed by atoms with Crippen molar-refractivity contribution in [1.29, 1.82) is 0 Å². The summed E-state index contributed by atoms with van der Waals surface area (Å²) in [5.41, 5.74) is 7.56. The predicted molar refractivity (Wildman–Crippen MR) is 65.0 cm³/mol. The van der Waals surface area contributed by atoms with Crippen LogP contribution in [0.4, 0.5) is 11.4 Å². The van der Waals surface area contributed by atoms with Crippen molar-refractivity contribution in [3.8, 4) is 0 Å². The van der Waals surface area contributed by atoms with Crippen molar-refractivity contribution in [2.24, 2.45) is 0 Å². The summed E-state index contributed by atoms with van der Waals surface area (Å²) in [6.45, 7) is 1.85. The maximum absolute atomic E-state index is 11.8. The monoisotopic (exact) mass is 252 g/mol. The lowest BCUT2D eigenvalue weighted by atomic mass is 10.2. The number of anilines is 2. The fourth-order valence-electron chi connectivity index (χ4n) is 1.30. The fourth-order valence-corrected chi connectivity index (χ4v) is 2.26. The summed E-state index contributed by atoms with van der Waals surface area (Å²) >= 11 is 0. The molecule has 6 nitrogen and oxygen atoms in total. The van der Waals surface area contributed by atoms with Crippen LogP contribution in [0, 0.1) is 6.92 Å². The van der Waals surface area contributed by atoms with Crippen LogP contribution in [0.15, 0.2) is 35.7 Å². The zero-order valence-electron chi connectivity index (χ0n) is 9.14. The highest BCUT2D eigenvalue weighted by Gasteiger charge is 2.15. The van der Waals surface area contributed by atoms with E-state index in [1.165, 1.54) is 12.5 Å². The number of sulfonamides is 1. The van der Waals surface area contributed by atoms with E-state index in [-0.39, 0.29) is 5.03 Å². The van der Waals surface area contributed by atoms with E-state index in [1.807, 2.05) is 6.92 Å². The molecule has 0 spiro atoms. The molecule has 90 valence electrons. The number of rotatable bonds is 3. The van der Waals surface area contributed by atoms with Gasteiger partial charge in [0.05, 0.1) is 18.2 Å². The molecule has 2 aromatic rings. The van der Waals surface area contributed by atoms with Crippen LogP contribution in [0.25, 0.3) is 0 Å². The molecule has 0 saturated carbocycles. The first kappa shape index (κ1) is 11.5. The average molecular weight is 252 g/mol. The highest BCUT2D eigenvalue weighted by Crippen LogP contribution is 2.19. The Hall–Kier alpha value is -2.02. The first-order valence-corrected chi connectivity index (χ1v) is 6.35. The molecule has 0 unspecified atom stereocenters. The number of H-pyrrole nitrogens is 1. The lowest BCUT2D eigenvalue weighted by Crippen LogP contribution is -2.13.